The van der Waals surface area contributed by atoms with Crippen molar-refractivity contribution in [1.82, 2.24) is 0 Å². The number of aliphatic hydroxyl groups is 1. The zero-order valence-corrected chi connectivity index (χ0v) is 6.71. The number of hydrogen-bond acceptors (Lipinski definition) is 3. The van der Waals surface area contributed by atoms with Gasteiger partial charge in [-0.3, -0.25) is 0 Å². The van der Waals surface area contributed by atoms with Crippen LogP contribution in [-0.4, -0.2) is 22.0 Å². The van der Waals surface area contributed by atoms with E-state index in [1.54, 1.807) is 11.8 Å². The van der Waals surface area contributed by atoms with Gasteiger partial charge in [-0.2, -0.15) is 12.6 Å². The highest BCUT2D eigenvalue weighted by Crippen LogP contribution is 2.13. The van der Waals surface area contributed by atoms with Gasteiger partial charge in [-0.05, 0) is 19.1 Å². The Morgan fingerprint density at radius 2 is 2.38 bits per heavy atom. The second kappa shape index (κ2) is 5.79. The van der Waals surface area contributed by atoms with Gasteiger partial charge in [-0.1, -0.05) is 0 Å². The lowest BCUT2D eigenvalue weighted by atomic mass is 10.5. The first-order chi connectivity index (χ1) is 3.77. The zero-order chi connectivity index (χ0) is 6.41. The number of aliphatic hydroxyl groups excluding tert-OH is 1. The largest absolute Gasteiger partial charge is 0.396 e. The van der Waals surface area contributed by atoms with Gasteiger partial charge in [0.1, 0.15) is 0 Å². The van der Waals surface area contributed by atoms with Crippen LogP contribution in [0.15, 0.2) is 0 Å². The Bertz CT molecular complexity index is 47.7. The van der Waals surface area contributed by atoms with E-state index in [9.17, 15) is 0 Å². The summed E-state index contributed by atoms with van der Waals surface area (Å²) in [5.74, 6) is 1.02. The van der Waals surface area contributed by atoms with Crippen molar-refractivity contribution in [3.8, 4) is 0 Å². The predicted molar refractivity (Wildman–Crippen MR) is 42.6 cm³/mol. The molecule has 0 aromatic rings. The standard InChI is InChI=1S/C5H12OS2/c1-5(7)8-4-2-3-6/h5-7H,2-4H2,1H3. The normalized spacial score (nSPS) is 13.9. The zero-order valence-electron chi connectivity index (χ0n) is 5.00. The fourth-order valence-corrected chi connectivity index (χ4v) is 1.27. The molecule has 0 fully saturated rings. The molecule has 1 unspecified atom stereocenters. The van der Waals surface area contributed by atoms with Crippen molar-refractivity contribution < 1.29 is 5.11 Å². The van der Waals surface area contributed by atoms with Crippen molar-refractivity contribution in [2.75, 3.05) is 12.4 Å². The van der Waals surface area contributed by atoms with E-state index >= 15 is 0 Å². The summed E-state index contributed by atoms with van der Waals surface area (Å²) in [6, 6.07) is 0. The van der Waals surface area contributed by atoms with Crippen molar-refractivity contribution in [1.29, 1.82) is 0 Å². The Kier molecular flexibility index (Phi) is 6.27. The topological polar surface area (TPSA) is 20.2 Å². The Balaban J connectivity index is 2.72. The van der Waals surface area contributed by atoms with Crippen LogP contribution in [0.25, 0.3) is 0 Å². The molecule has 0 heterocycles. The molecule has 0 aromatic carbocycles. The van der Waals surface area contributed by atoms with Gasteiger partial charge in [0.05, 0.1) is 0 Å². The first-order valence-corrected chi connectivity index (χ1v) is 4.24. The highest BCUT2D eigenvalue weighted by atomic mass is 32.2. The Morgan fingerprint density at radius 3 is 2.75 bits per heavy atom. The SMILES string of the molecule is CC(S)SCCCO. The van der Waals surface area contributed by atoms with E-state index in [2.05, 4.69) is 12.6 Å². The van der Waals surface area contributed by atoms with Gasteiger partial charge in [-0.15, -0.1) is 11.8 Å². The first kappa shape index (κ1) is 8.66. The van der Waals surface area contributed by atoms with E-state index in [1.165, 1.54) is 0 Å². The number of thiol groups is 1. The van der Waals surface area contributed by atoms with Crippen LogP contribution in [0.3, 0.4) is 0 Å². The van der Waals surface area contributed by atoms with Crippen molar-refractivity contribution in [3.05, 3.63) is 0 Å². The molecule has 0 spiro atoms. The monoisotopic (exact) mass is 152 g/mol. The molecule has 50 valence electrons. The summed E-state index contributed by atoms with van der Waals surface area (Å²) in [5.41, 5.74) is 0. The van der Waals surface area contributed by atoms with Crippen LogP contribution in [0.2, 0.25) is 0 Å². The molecule has 3 heteroatoms. The van der Waals surface area contributed by atoms with Crippen LogP contribution in [0.1, 0.15) is 13.3 Å². The van der Waals surface area contributed by atoms with Crippen molar-refractivity contribution in [2.24, 2.45) is 0 Å². The van der Waals surface area contributed by atoms with Crippen molar-refractivity contribution >= 4 is 24.4 Å². The van der Waals surface area contributed by atoms with E-state index in [1.807, 2.05) is 6.92 Å². The van der Waals surface area contributed by atoms with E-state index in [0.29, 0.717) is 11.2 Å². The molecule has 0 rings (SSSR count). The van der Waals surface area contributed by atoms with E-state index in [4.69, 9.17) is 5.11 Å². The van der Waals surface area contributed by atoms with Crippen LogP contribution >= 0.6 is 24.4 Å². The first-order valence-electron chi connectivity index (χ1n) is 2.68. The lowest BCUT2D eigenvalue weighted by Crippen LogP contribution is -1.89. The summed E-state index contributed by atoms with van der Waals surface area (Å²) < 4.78 is 0.404. The third kappa shape index (κ3) is 6.66. The Morgan fingerprint density at radius 1 is 1.75 bits per heavy atom. The van der Waals surface area contributed by atoms with Crippen LogP contribution in [0, 0.1) is 0 Å². The van der Waals surface area contributed by atoms with Crippen LogP contribution in [0.4, 0.5) is 0 Å². The molecule has 0 aliphatic carbocycles. The third-order valence-corrected chi connectivity index (χ3v) is 2.12. The second-order valence-corrected chi connectivity index (χ2v) is 4.12. The second-order valence-electron chi connectivity index (χ2n) is 1.55. The maximum absolute atomic E-state index is 8.34. The third-order valence-electron chi connectivity index (χ3n) is 0.662. The molecule has 0 bridgehead atoms. The van der Waals surface area contributed by atoms with Gasteiger partial charge < -0.3 is 5.11 Å². The van der Waals surface area contributed by atoms with Crippen molar-refractivity contribution in [3.63, 3.8) is 0 Å². The molecule has 0 saturated carbocycles. The molecular formula is C5H12OS2. The lowest BCUT2D eigenvalue weighted by molar-refractivity contribution is 0.296. The molecule has 1 atom stereocenters. The number of thioether (sulfide) groups is 1. The fraction of sp³-hybridized carbons (Fsp3) is 1.00. The van der Waals surface area contributed by atoms with E-state index in [-0.39, 0.29) is 0 Å². The van der Waals surface area contributed by atoms with Crippen molar-refractivity contribution in [2.45, 2.75) is 17.9 Å². The lowest BCUT2D eigenvalue weighted by Gasteiger charge is -2.00. The number of hydrogen-bond donors (Lipinski definition) is 2. The fourth-order valence-electron chi connectivity index (χ4n) is 0.318. The molecule has 0 saturated heterocycles. The Hall–Kier alpha value is 0.660. The summed E-state index contributed by atoms with van der Waals surface area (Å²) in [4.78, 5) is 0. The van der Waals surface area contributed by atoms with Gasteiger partial charge in [0.25, 0.3) is 0 Å². The molecule has 1 nitrogen and oxygen atoms in total. The molecule has 1 N–H and O–H groups in total. The minimum Gasteiger partial charge on any atom is -0.396 e. The average molecular weight is 152 g/mol. The molecule has 0 amide bonds. The van der Waals surface area contributed by atoms with Crippen LogP contribution in [0.5, 0.6) is 0 Å². The molecule has 8 heavy (non-hydrogen) atoms. The molecule has 0 aromatic heterocycles. The summed E-state index contributed by atoms with van der Waals surface area (Å²) >= 11 is 5.91. The Labute approximate surface area is 60.3 Å². The van der Waals surface area contributed by atoms with Gasteiger partial charge in [-0.25, -0.2) is 0 Å². The molecule has 0 aliphatic heterocycles. The number of rotatable bonds is 4. The van der Waals surface area contributed by atoms with Crippen LogP contribution < -0.4 is 0 Å². The maximum Gasteiger partial charge on any atom is 0.0444 e. The average Bonchev–Trinajstić information content (AvgIpc) is 1.66. The maximum atomic E-state index is 8.34. The van der Waals surface area contributed by atoms with Gasteiger partial charge in [0.15, 0.2) is 0 Å². The summed E-state index contributed by atoms with van der Waals surface area (Å²) in [6.07, 6.45) is 0.884. The summed E-state index contributed by atoms with van der Waals surface area (Å²) in [6.45, 7) is 2.33. The van der Waals surface area contributed by atoms with Gasteiger partial charge >= 0.3 is 0 Å². The molecular weight excluding hydrogens is 140 g/mol. The predicted octanol–water partition coefficient (Wildman–Crippen LogP) is 1.38. The minimum atomic E-state index is 0.299. The quantitative estimate of drug-likeness (QED) is 0.360. The molecule has 0 aliphatic rings. The minimum absolute atomic E-state index is 0.299. The molecule has 0 radical (unpaired) electrons. The van der Waals surface area contributed by atoms with Crippen LogP contribution in [-0.2, 0) is 0 Å². The highest BCUT2D eigenvalue weighted by Gasteiger charge is 1.91. The van der Waals surface area contributed by atoms with Gasteiger partial charge in [0, 0.05) is 11.2 Å². The van der Waals surface area contributed by atoms with E-state index < -0.39 is 0 Å². The summed E-state index contributed by atoms with van der Waals surface area (Å²) in [7, 11) is 0. The van der Waals surface area contributed by atoms with Gasteiger partial charge in [0.2, 0.25) is 0 Å². The smallest absolute Gasteiger partial charge is 0.0444 e. The highest BCUT2D eigenvalue weighted by molar-refractivity contribution is 8.10. The summed E-state index contributed by atoms with van der Waals surface area (Å²) in [5, 5.41) is 8.34. The van der Waals surface area contributed by atoms with E-state index in [0.717, 1.165) is 12.2 Å².